The first-order valence-corrected chi connectivity index (χ1v) is 10.2. The number of carboxylic acid groups (broad SMARTS) is 1. The summed E-state index contributed by atoms with van der Waals surface area (Å²) in [5, 5.41) is 10.2. The van der Waals surface area contributed by atoms with E-state index in [1.807, 2.05) is 31.3 Å². The number of rotatable bonds is 8. The minimum atomic E-state index is -3.74. The molecule has 0 saturated heterocycles. The van der Waals surface area contributed by atoms with E-state index < -0.39 is 16.0 Å². The number of benzene rings is 1. The number of carboxylic acids is 1. The molecular weight excluding hydrogens is 360 g/mol. The van der Waals surface area contributed by atoms with Gasteiger partial charge in [-0.1, -0.05) is 24.3 Å². The summed E-state index contributed by atoms with van der Waals surface area (Å²) in [5.41, 5.74) is 1.93. The Morgan fingerprint density at radius 2 is 1.92 bits per heavy atom. The number of nitrogens with zero attached hydrogens (tertiary/aromatic N) is 1. The molecule has 0 aliphatic heterocycles. The summed E-state index contributed by atoms with van der Waals surface area (Å²) in [4.78, 5) is 13.1. The van der Waals surface area contributed by atoms with Crippen LogP contribution in [0, 0.1) is 0 Å². The van der Waals surface area contributed by atoms with E-state index in [4.69, 9.17) is 5.11 Å². The zero-order valence-corrected chi connectivity index (χ0v) is 16.0. The molecule has 0 unspecified atom stereocenters. The van der Waals surface area contributed by atoms with Crippen molar-refractivity contribution in [2.24, 2.45) is 0 Å². The molecule has 2 aromatic rings. The molecule has 0 radical (unpaired) electrons. The second-order valence-electron chi connectivity index (χ2n) is 6.06. The van der Waals surface area contributed by atoms with Crippen molar-refractivity contribution in [1.82, 2.24) is 9.62 Å². The highest BCUT2D eigenvalue weighted by atomic mass is 32.2. The molecule has 0 atom stereocenters. The van der Waals surface area contributed by atoms with Gasteiger partial charge in [0.25, 0.3) is 0 Å². The number of thiophene rings is 1. The molecule has 0 saturated carbocycles. The maximum atomic E-state index is 12.4. The average Bonchev–Trinajstić information content (AvgIpc) is 3.05. The lowest BCUT2D eigenvalue weighted by Crippen LogP contribution is -2.27. The van der Waals surface area contributed by atoms with E-state index in [2.05, 4.69) is 23.5 Å². The molecule has 8 heteroatoms. The van der Waals surface area contributed by atoms with Gasteiger partial charge in [0.15, 0.2) is 0 Å². The number of hydrogen-bond donors (Lipinski definition) is 2. The fraction of sp³-hybridized carbons (Fsp3) is 0.353. The minimum absolute atomic E-state index is 0.00156. The second kappa shape index (κ2) is 8.09. The Balaban J connectivity index is 2.13. The Morgan fingerprint density at radius 3 is 2.48 bits per heavy atom. The van der Waals surface area contributed by atoms with Gasteiger partial charge in [0.1, 0.15) is 4.21 Å². The lowest BCUT2D eigenvalue weighted by Gasteiger charge is -2.22. The normalized spacial score (nSPS) is 12.0. The molecule has 136 valence electrons. The maximum Gasteiger partial charge on any atom is 0.336 e. The average molecular weight is 383 g/mol. The van der Waals surface area contributed by atoms with Crippen LogP contribution in [0.3, 0.4) is 0 Å². The zero-order valence-electron chi connectivity index (χ0n) is 14.4. The summed E-state index contributed by atoms with van der Waals surface area (Å²) in [5.74, 6) is -1.14. The van der Waals surface area contributed by atoms with Crippen LogP contribution in [0.5, 0.6) is 0 Å². The van der Waals surface area contributed by atoms with Crippen molar-refractivity contribution < 1.29 is 18.3 Å². The van der Waals surface area contributed by atoms with Crippen LogP contribution in [0.4, 0.5) is 0 Å². The van der Waals surface area contributed by atoms with Gasteiger partial charge in [-0.3, -0.25) is 4.90 Å². The van der Waals surface area contributed by atoms with Gasteiger partial charge < -0.3 is 5.11 Å². The van der Waals surface area contributed by atoms with E-state index in [0.29, 0.717) is 6.04 Å². The van der Waals surface area contributed by atoms with Crippen LogP contribution in [0.2, 0.25) is 0 Å². The van der Waals surface area contributed by atoms with Crippen LogP contribution in [0.15, 0.2) is 39.9 Å². The van der Waals surface area contributed by atoms with Gasteiger partial charge in [-0.2, -0.15) is 0 Å². The highest BCUT2D eigenvalue weighted by Crippen LogP contribution is 2.21. The van der Waals surface area contributed by atoms with E-state index in [0.717, 1.165) is 29.0 Å². The zero-order chi connectivity index (χ0) is 18.6. The van der Waals surface area contributed by atoms with Crippen molar-refractivity contribution in [2.45, 2.75) is 37.2 Å². The molecule has 2 rings (SSSR count). The summed E-state index contributed by atoms with van der Waals surface area (Å²) in [6, 6.07) is 9.23. The molecule has 0 fully saturated rings. The van der Waals surface area contributed by atoms with Crippen molar-refractivity contribution in [3.8, 4) is 0 Å². The molecule has 2 N–H and O–H groups in total. The standard InChI is InChI=1S/C17H22N2O4S2/c1-12(2)19(3)10-14-7-5-4-6-13(14)9-18-25(22,23)16-8-15(11-24-16)17(20)21/h4-8,11-12,18H,9-10H2,1-3H3,(H,20,21). The van der Waals surface area contributed by atoms with Crippen molar-refractivity contribution >= 4 is 27.3 Å². The minimum Gasteiger partial charge on any atom is -0.478 e. The van der Waals surface area contributed by atoms with E-state index in [-0.39, 0.29) is 16.3 Å². The molecule has 0 amide bonds. The SMILES string of the molecule is CC(C)N(C)Cc1ccccc1CNS(=O)(=O)c1cc(C(=O)O)cs1. The van der Waals surface area contributed by atoms with Crippen LogP contribution >= 0.6 is 11.3 Å². The van der Waals surface area contributed by atoms with E-state index >= 15 is 0 Å². The first-order valence-electron chi connectivity index (χ1n) is 7.79. The van der Waals surface area contributed by atoms with Crippen molar-refractivity contribution in [1.29, 1.82) is 0 Å². The van der Waals surface area contributed by atoms with E-state index in [1.54, 1.807) is 0 Å². The molecule has 1 aromatic heterocycles. The Bertz CT molecular complexity index is 844. The third-order valence-corrected chi connectivity index (χ3v) is 6.80. The smallest absolute Gasteiger partial charge is 0.336 e. The fourth-order valence-corrected chi connectivity index (χ4v) is 4.35. The molecular formula is C17H22N2O4S2. The predicted octanol–water partition coefficient (Wildman–Crippen LogP) is 2.77. The number of nitrogens with one attached hydrogen (secondary N) is 1. The van der Waals surface area contributed by atoms with Crippen LogP contribution in [-0.4, -0.2) is 37.5 Å². The fourth-order valence-electron chi connectivity index (χ4n) is 2.15. The summed E-state index contributed by atoms with van der Waals surface area (Å²) in [7, 11) is -1.72. The van der Waals surface area contributed by atoms with Gasteiger partial charge >= 0.3 is 5.97 Å². The molecule has 6 nitrogen and oxygen atoms in total. The molecule has 25 heavy (non-hydrogen) atoms. The first-order chi connectivity index (χ1) is 11.7. The van der Waals surface area contributed by atoms with Crippen LogP contribution in [0.25, 0.3) is 0 Å². The second-order valence-corrected chi connectivity index (χ2v) is 8.97. The van der Waals surface area contributed by atoms with Gasteiger partial charge in [-0.05, 0) is 38.1 Å². The molecule has 0 aliphatic carbocycles. The molecule has 0 bridgehead atoms. The summed E-state index contributed by atoms with van der Waals surface area (Å²) >= 11 is 0.899. The Hall–Kier alpha value is -1.74. The summed E-state index contributed by atoms with van der Waals surface area (Å²) < 4.78 is 27.3. The van der Waals surface area contributed by atoms with Gasteiger partial charge in [0, 0.05) is 24.5 Å². The Morgan fingerprint density at radius 1 is 1.28 bits per heavy atom. The maximum absolute atomic E-state index is 12.4. The van der Waals surface area contributed by atoms with Gasteiger partial charge in [0.05, 0.1) is 5.56 Å². The third kappa shape index (κ3) is 5.12. The Kier molecular flexibility index (Phi) is 6.34. The highest BCUT2D eigenvalue weighted by molar-refractivity contribution is 7.91. The quantitative estimate of drug-likeness (QED) is 0.733. The number of hydrogen-bond acceptors (Lipinski definition) is 5. The topological polar surface area (TPSA) is 86.7 Å². The third-order valence-electron chi connectivity index (χ3n) is 3.96. The monoisotopic (exact) mass is 382 g/mol. The lowest BCUT2D eigenvalue weighted by molar-refractivity contribution is 0.0697. The van der Waals surface area contributed by atoms with E-state index in [1.165, 1.54) is 11.4 Å². The first kappa shape index (κ1) is 19.6. The van der Waals surface area contributed by atoms with Crippen molar-refractivity contribution in [3.63, 3.8) is 0 Å². The number of carbonyl (C=O) groups is 1. The Labute approximate surface area is 152 Å². The highest BCUT2D eigenvalue weighted by Gasteiger charge is 2.19. The van der Waals surface area contributed by atoms with Gasteiger partial charge in [-0.15, -0.1) is 11.3 Å². The summed E-state index contributed by atoms with van der Waals surface area (Å²) in [6.07, 6.45) is 0. The van der Waals surface area contributed by atoms with Crippen LogP contribution < -0.4 is 4.72 Å². The van der Waals surface area contributed by atoms with Crippen LogP contribution in [0.1, 0.15) is 35.3 Å². The molecule has 0 spiro atoms. The van der Waals surface area contributed by atoms with Crippen molar-refractivity contribution in [2.75, 3.05) is 7.05 Å². The van der Waals surface area contributed by atoms with Crippen molar-refractivity contribution in [3.05, 3.63) is 52.4 Å². The van der Waals surface area contributed by atoms with Crippen LogP contribution in [-0.2, 0) is 23.1 Å². The van der Waals surface area contributed by atoms with Gasteiger partial charge in [-0.25, -0.2) is 17.9 Å². The molecule has 1 heterocycles. The molecule has 0 aliphatic rings. The predicted molar refractivity (Wildman–Crippen MR) is 98.3 cm³/mol. The number of aromatic carboxylic acids is 1. The lowest BCUT2D eigenvalue weighted by atomic mass is 10.1. The van der Waals surface area contributed by atoms with E-state index in [9.17, 15) is 13.2 Å². The molecule has 1 aromatic carbocycles. The van der Waals surface area contributed by atoms with Gasteiger partial charge in [0.2, 0.25) is 10.0 Å². The largest absolute Gasteiger partial charge is 0.478 e. The number of sulfonamides is 1. The summed E-state index contributed by atoms with van der Waals surface area (Å²) in [6.45, 7) is 5.08.